The van der Waals surface area contributed by atoms with Crippen LogP contribution in [0.3, 0.4) is 0 Å². The van der Waals surface area contributed by atoms with Crippen LogP contribution in [0, 0.1) is 18.8 Å². The van der Waals surface area contributed by atoms with E-state index < -0.39 is 10.0 Å². The third-order valence-corrected chi connectivity index (χ3v) is 7.71. The Kier molecular flexibility index (Phi) is 7.20. The van der Waals surface area contributed by atoms with Crippen molar-refractivity contribution in [2.45, 2.75) is 13.5 Å². The zero-order valence-corrected chi connectivity index (χ0v) is 21.9. The van der Waals surface area contributed by atoms with Crippen molar-refractivity contribution < 1.29 is 13.2 Å². The molecule has 0 unspecified atom stereocenters. The second-order valence-corrected chi connectivity index (χ2v) is 11.2. The molecule has 0 radical (unpaired) electrons. The largest absolute Gasteiger partial charge is 0.322 e. The molecule has 1 fully saturated rings. The molecule has 4 heterocycles. The molecule has 4 aromatic rings. The first-order chi connectivity index (χ1) is 18.3. The number of imidazole rings is 1. The Morgan fingerprint density at radius 1 is 1.05 bits per heavy atom. The van der Waals surface area contributed by atoms with Crippen molar-refractivity contribution in [1.29, 1.82) is 0 Å². The summed E-state index contributed by atoms with van der Waals surface area (Å²) in [7, 11) is -3.15. The van der Waals surface area contributed by atoms with Gasteiger partial charge in [-0.25, -0.2) is 17.9 Å². The third kappa shape index (κ3) is 5.89. The zero-order valence-electron chi connectivity index (χ0n) is 21.1. The molecule has 0 aliphatic carbocycles. The van der Waals surface area contributed by atoms with Gasteiger partial charge in [-0.2, -0.15) is 9.40 Å². The van der Waals surface area contributed by atoms with E-state index in [9.17, 15) is 13.2 Å². The molecule has 1 amide bonds. The zero-order chi connectivity index (χ0) is 26.7. The Balaban J connectivity index is 1.22. The monoisotopic (exact) mass is 529 g/mol. The van der Waals surface area contributed by atoms with Crippen LogP contribution in [-0.4, -0.2) is 75.5 Å². The van der Waals surface area contributed by atoms with E-state index in [2.05, 4.69) is 37.1 Å². The highest BCUT2D eigenvalue weighted by molar-refractivity contribution is 7.88. The number of nitrogens with zero attached hydrogens (tertiary/aromatic N) is 6. The van der Waals surface area contributed by atoms with Crippen LogP contribution in [0.5, 0.6) is 0 Å². The fraction of sp³-hybridized carbons (Fsp3) is 0.259. The second kappa shape index (κ2) is 10.7. The van der Waals surface area contributed by atoms with E-state index in [4.69, 9.17) is 0 Å². The van der Waals surface area contributed by atoms with Gasteiger partial charge in [-0.3, -0.25) is 14.7 Å². The number of fused-ring (bicyclic) bond motifs is 1. The van der Waals surface area contributed by atoms with Gasteiger partial charge in [0.05, 0.1) is 18.0 Å². The van der Waals surface area contributed by atoms with Crippen LogP contribution in [0.1, 0.15) is 32.7 Å². The van der Waals surface area contributed by atoms with Gasteiger partial charge in [0.2, 0.25) is 10.0 Å². The molecular weight excluding hydrogens is 502 g/mol. The molecule has 11 heteroatoms. The van der Waals surface area contributed by atoms with Crippen LogP contribution in [0.4, 0.5) is 5.69 Å². The number of hydrogen-bond acceptors (Lipinski definition) is 7. The summed E-state index contributed by atoms with van der Waals surface area (Å²) in [5.74, 6) is 5.79. The van der Waals surface area contributed by atoms with Crippen molar-refractivity contribution in [2.24, 2.45) is 0 Å². The van der Waals surface area contributed by atoms with Crippen molar-refractivity contribution in [1.82, 2.24) is 28.8 Å². The molecule has 1 aliphatic heterocycles. The molecular formula is C27H27N7O3S. The summed E-state index contributed by atoms with van der Waals surface area (Å²) < 4.78 is 26.6. The Hall–Kier alpha value is -4.11. The smallest absolute Gasteiger partial charge is 0.257 e. The summed E-state index contributed by atoms with van der Waals surface area (Å²) in [6.45, 7) is 5.10. The van der Waals surface area contributed by atoms with Crippen LogP contribution in [0.15, 0.2) is 61.2 Å². The van der Waals surface area contributed by atoms with Gasteiger partial charge < -0.3 is 5.32 Å². The molecule has 1 aromatic carbocycles. The molecule has 5 rings (SSSR count). The lowest BCUT2D eigenvalue weighted by Gasteiger charge is -2.33. The number of pyridine rings is 1. The lowest BCUT2D eigenvalue weighted by molar-refractivity contribution is 0.102. The first-order valence-electron chi connectivity index (χ1n) is 12.1. The highest BCUT2D eigenvalue weighted by Crippen LogP contribution is 2.19. The van der Waals surface area contributed by atoms with E-state index >= 15 is 0 Å². The van der Waals surface area contributed by atoms with E-state index in [-0.39, 0.29) is 5.91 Å². The molecule has 0 saturated carbocycles. The fourth-order valence-corrected chi connectivity index (χ4v) is 5.12. The van der Waals surface area contributed by atoms with E-state index in [1.165, 1.54) is 16.8 Å². The number of carbonyl (C=O) groups excluding carboxylic acids is 1. The normalized spacial score (nSPS) is 14.7. The van der Waals surface area contributed by atoms with E-state index in [1.807, 2.05) is 37.3 Å². The number of piperazine rings is 1. The van der Waals surface area contributed by atoms with Gasteiger partial charge in [0.15, 0.2) is 5.65 Å². The first-order valence-corrected chi connectivity index (χ1v) is 14.0. The Labute approximate surface area is 221 Å². The predicted octanol–water partition coefficient (Wildman–Crippen LogP) is 2.16. The lowest BCUT2D eigenvalue weighted by atomic mass is 10.1. The maximum absolute atomic E-state index is 12.9. The maximum Gasteiger partial charge on any atom is 0.257 e. The van der Waals surface area contributed by atoms with E-state index in [0.29, 0.717) is 54.3 Å². The minimum absolute atomic E-state index is 0.276. The van der Waals surface area contributed by atoms with Crippen molar-refractivity contribution in [3.63, 3.8) is 0 Å². The summed E-state index contributed by atoms with van der Waals surface area (Å²) in [6.07, 6.45) is 7.69. The average molecular weight is 530 g/mol. The number of nitrogens with one attached hydrogen (secondary N) is 1. The first kappa shape index (κ1) is 25.5. The molecule has 1 N–H and O–H groups in total. The van der Waals surface area contributed by atoms with Gasteiger partial charge in [-0.05, 0) is 54.3 Å². The van der Waals surface area contributed by atoms with Crippen LogP contribution < -0.4 is 5.32 Å². The van der Waals surface area contributed by atoms with Crippen molar-refractivity contribution in [3.8, 4) is 11.8 Å². The molecule has 194 valence electrons. The lowest BCUT2D eigenvalue weighted by Crippen LogP contribution is -2.47. The second-order valence-electron chi connectivity index (χ2n) is 9.18. The van der Waals surface area contributed by atoms with Crippen LogP contribution >= 0.6 is 0 Å². The summed E-state index contributed by atoms with van der Waals surface area (Å²) in [5.41, 5.74) is 5.22. The summed E-state index contributed by atoms with van der Waals surface area (Å²) >= 11 is 0. The van der Waals surface area contributed by atoms with Gasteiger partial charge in [-0.15, -0.1) is 0 Å². The van der Waals surface area contributed by atoms with Gasteiger partial charge in [0, 0.05) is 62.6 Å². The Morgan fingerprint density at radius 2 is 1.87 bits per heavy atom. The van der Waals surface area contributed by atoms with Gasteiger partial charge in [0.25, 0.3) is 5.91 Å². The number of amides is 1. The fourth-order valence-electron chi connectivity index (χ4n) is 4.30. The van der Waals surface area contributed by atoms with Crippen LogP contribution in [0.2, 0.25) is 0 Å². The number of carbonyl (C=O) groups is 1. The van der Waals surface area contributed by atoms with E-state index in [1.54, 1.807) is 29.2 Å². The average Bonchev–Trinajstić information content (AvgIpc) is 3.32. The number of sulfonamides is 1. The molecule has 1 aliphatic rings. The highest BCUT2D eigenvalue weighted by atomic mass is 32.2. The SMILES string of the molecule is Cc1cc(NC(=O)c2cncc(C#Cc3cnc4cccnn34)c2)ccc1CN1CCN(S(C)(=O)=O)CC1. The number of hydrogen-bond donors (Lipinski definition) is 1. The molecule has 38 heavy (non-hydrogen) atoms. The summed E-state index contributed by atoms with van der Waals surface area (Å²) in [5, 5.41) is 7.18. The minimum atomic E-state index is -3.15. The summed E-state index contributed by atoms with van der Waals surface area (Å²) in [4.78, 5) is 23.6. The van der Waals surface area contributed by atoms with E-state index in [0.717, 1.165) is 17.7 Å². The van der Waals surface area contributed by atoms with Gasteiger partial charge in [0.1, 0.15) is 5.69 Å². The van der Waals surface area contributed by atoms with Crippen molar-refractivity contribution >= 4 is 27.3 Å². The number of aromatic nitrogens is 4. The maximum atomic E-state index is 12.9. The van der Waals surface area contributed by atoms with Crippen molar-refractivity contribution in [3.05, 3.63) is 89.1 Å². The quantitative estimate of drug-likeness (QED) is 0.394. The number of benzene rings is 1. The van der Waals surface area contributed by atoms with Crippen LogP contribution in [-0.2, 0) is 16.6 Å². The number of aryl methyl sites for hydroxylation is 1. The standard InChI is InChI=1S/C27H27N7O3S/c1-20-14-24(7-6-22(20)19-32-10-12-33(13-11-32)38(2,36)37)31-27(35)23-15-21(16-28-17-23)5-8-25-18-29-26-4-3-9-30-34(25)26/h3-4,6-7,9,14-18H,10-13,19H2,1-2H3,(H,31,35). The Morgan fingerprint density at radius 3 is 2.63 bits per heavy atom. The van der Waals surface area contributed by atoms with Gasteiger partial charge >= 0.3 is 0 Å². The topological polar surface area (TPSA) is 113 Å². The third-order valence-electron chi connectivity index (χ3n) is 6.41. The predicted molar refractivity (Wildman–Crippen MR) is 144 cm³/mol. The molecule has 10 nitrogen and oxygen atoms in total. The van der Waals surface area contributed by atoms with Crippen molar-refractivity contribution in [2.75, 3.05) is 37.8 Å². The van der Waals surface area contributed by atoms with Crippen LogP contribution in [0.25, 0.3) is 5.65 Å². The minimum Gasteiger partial charge on any atom is -0.322 e. The summed E-state index contributed by atoms with van der Waals surface area (Å²) in [6, 6.07) is 11.2. The Bertz CT molecular complexity index is 1660. The van der Waals surface area contributed by atoms with Gasteiger partial charge in [-0.1, -0.05) is 12.0 Å². The molecule has 1 saturated heterocycles. The molecule has 0 spiro atoms. The highest BCUT2D eigenvalue weighted by Gasteiger charge is 2.23. The molecule has 0 atom stereocenters. The molecule has 3 aromatic heterocycles. The number of anilines is 1. The number of rotatable bonds is 5. The molecule has 0 bridgehead atoms.